The lowest BCUT2D eigenvalue weighted by atomic mass is 9.93. The van der Waals surface area contributed by atoms with Crippen molar-refractivity contribution in [2.45, 2.75) is 46.5 Å². The number of hydrogen-bond acceptors (Lipinski definition) is 3. The summed E-state index contributed by atoms with van der Waals surface area (Å²) in [6, 6.07) is 7.64. The predicted molar refractivity (Wildman–Crippen MR) is 103 cm³/mol. The number of benzene rings is 1. The van der Waals surface area contributed by atoms with Gasteiger partial charge in [0.2, 0.25) is 5.91 Å². The molecule has 5 nitrogen and oxygen atoms in total. The molecule has 2 unspecified atom stereocenters. The van der Waals surface area contributed by atoms with Crippen LogP contribution in [0.15, 0.2) is 24.3 Å². The Bertz CT molecular complexity index is 585. The standard InChI is InChI=1S/C20H31N3O2/c1-5-15(2)14-16(3)10-12-22(4)17-6-8-18(9-7-17)23-13-11-19(24)21-20(23)25/h6-9,15-16H,5,10-14H2,1-4H3,(H,21,24,25). The van der Waals surface area contributed by atoms with Crippen molar-refractivity contribution in [2.75, 3.05) is 29.9 Å². The molecule has 0 saturated carbocycles. The average Bonchev–Trinajstić information content (AvgIpc) is 2.59. The van der Waals surface area contributed by atoms with Gasteiger partial charge < -0.3 is 4.90 Å². The molecule has 1 aliphatic rings. The normalized spacial score (nSPS) is 17.2. The number of rotatable bonds is 8. The van der Waals surface area contributed by atoms with Gasteiger partial charge in [-0.15, -0.1) is 0 Å². The van der Waals surface area contributed by atoms with Gasteiger partial charge in [0, 0.05) is 37.9 Å². The Kier molecular flexibility index (Phi) is 6.85. The van der Waals surface area contributed by atoms with Crippen molar-refractivity contribution >= 4 is 23.3 Å². The van der Waals surface area contributed by atoms with Crippen molar-refractivity contribution in [3.05, 3.63) is 24.3 Å². The molecule has 138 valence electrons. The van der Waals surface area contributed by atoms with E-state index in [2.05, 4.69) is 38.0 Å². The second-order valence-electron chi connectivity index (χ2n) is 7.34. The van der Waals surface area contributed by atoms with E-state index in [0.29, 0.717) is 13.0 Å². The molecule has 1 N–H and O–H groups in total. The number of carbonyl (C=O) groups is 2. The van der Waals surface area contributed by atoms with Crippen molar-refractivity contribution < 1.29 is 9.59 Å². The molecule has 1 saturated heterocycles. The minimum atomic E-state index is -0.337. The number of nitrogens with one attached hydrogen (secondary N) is 1. The Morgan fingerprint density at radius 2 is 1.84 bits per heavy atom. The first-order valence-electron chi connectivity index (χ1n) is 9.33. The molecular weight excluding hydrogens is 314 g/mol. The van der Waals surface area contributed by atoms with Crippen LogP contribution >= 0.6 is 0 Å². The second-order valence-corrected chi connectivity index (χ2v) is 7.34. The predicted octanol–water partition coefficient (Wildman–Crippen LogP) is 4.03. The maximum atomic E-state index is 11.9. The van der Waals surface area contributed by atoms with Crippen molar-refractivity contribution in [2.24, 2.45) is 11.8 Å². The van der Waals surface area contributed by atoms with Crippen LogP contribution in [-0.4, -0.2) is 32.1 Å². The molecule has 1 aromatic carbocycles. The van der Waals surface area contributed by atoms with E-state index in [4.69, 9.17) is 0 Å². The summed E-state index contributed by atoms with van der Waals surface area (Å²) in [5.41, 5.74) is 1.97. The van der Waals surface area contributed by atoms with Crippen molar-refractivity contribution in [1.82, 2.24) is 5.32 Å². The lowest BCUT2D eigenvalue weighted by Crippen LogP contribution is -2.49. The van der Waals surface area contributed by atoms with Gasteiger partial charge in [-0.3, -0.25) is 15.0 Å². The highest BCUT2D eigenvalue weighted by molar-refractivity contribution is 6.05. The van der Waals surface area contributed by atoms with Crippen LogP contribution in [0.4, 0.5) is 16.2 Å². The Balaban J connectivity index is 1.88. The van der Waals surface area contributed by atoms with E-state index in [-0.39, 0.29) is 11.9 Å². The molecule has 0 spiro atoms. The van der Waals surface area contributed by atoms with Crippen LogP contribution in [0.1, 0.15) is 46.5 Å². The smallest absolute Gasteiger partial charge is 0.328 e. The number of nitrogens with zero attached hydrogens (tertiary/aromatic N) is 2. The van der Waals surface area contributed by atoms with E-state index in [0.717, 1.165) is 29.8 Å². The summed E-state index contributed by atoms with van der Waals surface area (Å²) in [4.78, 5) is 27.0. The number of carbonyl (C=O) groups excluding carboxylic acids is 2. The van der Waals surface area contributed by atoms with Gasteiger partial charge >= 0.3 is 6.03 Å². The van der Waals surface area contributed by atoms with E-state index < -0.39 is 0 Å². The van der Waals surface area contributed by atoms with Crippen LogP contribution in [0.2, 0.25) is 0 Å². The molecule has 1 fully saturated rings. The van der Waals surface area contributed by atoms with E-state index in [1.807, 2.05) is 24.3 Å². The fourth-order valence-electron chi connectivity index (χ4n) is 3.21. The topological polar surface area (TPSA) is 52.6 Å². The quantitative estimate of drug-likeness (QED) is 0.774. The molecule has 0 radical (unpaired) electrons. The lowest BCUT2D eigenvalue weighted by Gasteiger charge is -2.27. The fraction of sp³-hybridized carbons (Fsp3) is 0.600. The van der Waals surface area contributed by atoms with E-state index in [1.54, 1.807) is 4.90 Å². The summed E-state index contributed by atoms with van der Waals surface area (Å²) in [6.07, 6.45) is 4.06. The first kappa shape index (κ1) is 19.3. The summed E-state index contributed by atoms with van der Waals surface area (Å²) in [7, 11) is 2.11. The number of imide groups is 1. The minimum absolute atomic E-state index is 0.205. The van der Waals surface area contributed by atoms with E-state index in [9.17, 15) is 9.59 Å². The van der Waals surface area contributed by atoms with Crippen LogP contribution in [0, 0.1) is 11.8 Å². The molecule has 2 atom stereocenters. The van der Waals surface area contributed by atoms with Crippen molar-refractivity contribution in [3.63, 3.8) is 0 Å². The maximum absolute atomic E-state index is 11.9. The van der Waals surface area contributed by atoms with Crippen LogP contribution in [0.5, 0.6) is 0 Å². The summed E-state index contributed by atoms with van der Waals surface area (Å²) in [5, 5.41) is 2.36. The lowest BCUT2D eigenvalue weighted by molar-refractivity contribution is -0.120. The third-order valence-corrected chi connectivity index (χ3v) is 5.12. The molecule has 0 bridgehead atoms. The van der Waals surface area contributed by atoms with Crippen molar-refractivity contribution in [3.8, 4) is 0 Å². The van der Waals surface area contributed by atoms with Crippen LogP contribution in [0.3, 0.4) is 0 Å². The van der Waals surface area contributed by atoms with Crippen molar-refractivity contribution in [1.29, 1.82) is 0 Å². The molecule has 1 heterocycles. The monoisotopic (exact) mass is 345 g/mol. The Labute approximate surface area is 151 Å². The third-order valence-electron chi connectivity index (χ3n) is 5.12. The summed E-state index contributed by atoms with van der Waals surface area (Å²) < 4.78 is 0. The van der Waals surface area contributed by atoms with E-state index >= 15 is 0 Å². The summed E-state index contributed by atoms with van der Waals surface area (Å²) >= 11 is 0. The summed E-state index contributed by atoms with van der Waals surface area (Å²) in [6.45, 7) is 8.37. The highest BCUT2D eigenvalue weighted by Crippen LogP contribution is 2.23. The molecule has 3 amide bonds. The minimum Gasteiger partial charge on any atom is -0.375 e. The zero-order valence-electron chi connectivity index (χ0n) is 15.9. The van der Waals surface area contributed by atoms with Gasteiger partial charge in [0.05, 0.1) is 0 Å². The molecule has 0 aromatic heterocycles. The molecule has 1 aromatic rings. The molecule has 5 heteroatoms. The third kappa shape index (κ3) is 5.48. The van der Waals surface area contributed by atoms with Gasteiger partial charge in [-0.05, 0) is 48.9 Å². The largest absolute Gasteiger partial charge is 0.375 e. The number of amides is 3. The highest BCUT2D eigenvalue weighted by Gasteiger charge is 2.24. The molecule has 1 aliphatic heterocycles. The van der Waals surface area contributed by atoms with Gasteiger partial charge in [-0.25, -0.2) is 4.79 Å². The zero-order chi connectivity index (χ0) is 18.4. The Morgan fingerprint density at radius 1 is 1.16 bits per heavy atom. The molecular formula is C20H31N3O2. The van der Waals surface area contributed by atoms with Crippen LogP contribution in [-0.2, 0) is 4.79 Å². The Hall–Kier alpha value is -2.04. The van der Waals surface area contributed by atoms with Gasteiger partial charge in [0.1, 0.15) is 0 Å². The average molecular weight is 345 g/mol. The molecule has 2 rings (SSSR count). The first-order valence-corrected chi connectivity index (χ1v) is 9.33. The maximum Gasteiger partial charge on any atom is 0.328 e. The first-order chi connectivity index (χ1) is 11.9. The fourth-order valence-corrected chi connectivity index (χ4v) is 3.21. The number of anilines is 2. The van der Waals surface area contributed by atoms with Gasteiger partial charge in [-0.2, -0.15) is 0 Å². The summed E-state index contributed by atoms with van der Waals surface area (Å²) in [5.74, 6) is 1.32. The van der Waals surface area contributed by atoms with E-state index in [1.165, 1.54) is 19.3 Å². The number of hydrogen-bond donors (Lipinski definition) is 1. The Morgan fingerprint density at radius 3 is 2.44 bits per heavy atom. The number of urea groups is 1. The van der Waals surface area contributed by atoms with Crippen LogP contribution in [0.25, 0.3) is 0 Å². The van der Waals surface area contributed by atoms with Crippen LogP contribution < -0.4 is 15.1 Å². The highest BCUT2D eigenvalue weighted by atomic mass is 16.2. The second kappa shape index (κ2) is 8.88. The molecule has 25 heavy (non-hydrogen) atoms. The van der Waals surface area contributed by atoms with Gasteiger partial charge in [0.25, 0.3) is 0 Å². The van der Waals surface area contributed by atoms with Gasteiger partial charge in [-0.1, -0.05) is 27.2 Å². The van der Waals surface area contributed by atoms with Gasteiger partial charge in [0.15, 0.2) is 0 Å². The molecule has 0 aliphatic carbocycles. The SMILES string of the molecule is CCC(C)CC(C)CCN(C)c1ccc(N2CCC(=O)NC2=O)cc1. The zero-order valence-corrected chi connectivity index (χ0v) is 15.9.